The molecule has 1 heteroatoms. The van der Waals surface area contributed by atoms with Crippen LogP contribution in [0.2, 0.25) is 0 Å². The minimum atomic E-state index is 1.15. The average molecular weight is 646 g/mol. The van der Waals surface area contributed by atoms with Crippen LogP contribution >= 0.6 is 0 Å². The summed E-state index contributed by atoms with van der Waals surface area (Å²) in [6.45, 7) is 0. The van der Waals surface area contributed by atoms with Gasteiger partial charge in [0.1, 0.15) is 0 Å². The van der Waals surface area contributed by atoms with E-state index in [1.54, 1.807) is 0 Å². The van der Waals surface area contributed by atoms with Gasteiger partial charge in [-0.05, 0) is 119 Å². The summed E-state index contributed by atoms with van der Waals surface area (Å²) in [5, 5.41) is 15.3. The maximum atomic E-state index is 2.44. The Morgan fingerprint density at radius 2 is 0.647 bits per heavy atom. The Hall–Kier alpha value is -6.70. The lowest BCUT2D eigenvalue weighted by molar-refractivity contribution is 1.18. The van der Waals surface area contributed by atoms with Crippen molar-refractivity contribution in [2.45, 2.75) is 0 Å². The quantitative estimate of drug-likeness (QED) is 0.169. The van der Waals surface area contributed by atoms with Crippen molar-refractivity contribution < 1.29 is 0 Å². The zero-order chi connectivity index (χ0) is 33.5. The number of hydrogen-bond acceptors (Lipinski definition) is 0. The largest absolute Gasteiger partial charge is 0.309 e. The van der Waals surface area contributed by atoms with Crippen molar-refractivity contribution >= 4 is 75.7 Å². The normalized spacial score (nSPS) is 11.9. The summed E-state index contributed by atoms with van der Waals surface area (Å²) in [4.78, 5) is 0. The van der Waals surface area contributed by atoms with E-state index in [0.29, 0.717) is 0 Å². The first-order valence-electron chi connectivity index (χ1n) is 17.7. The van der Waals surface area contributed by atoms with Gasteiger partial charge in [0.05, 0.1) is 11.0 Å². The first kappa shape index (κ1) is 28.2. The molecule has 51 heavy (non-hydrogen) atoms. The van der Waals surface area contributed by atoms with E-state index >= 15 is 0 Å². The van der Waals surface area contributed by atoms with Gasteiger partial charge in [0.2, 0.25) is 0 Å². The molecular formula is C50H31N. The predicted octanol–water partition coefficient (Wildman–Crippen LogP) is 13.9. The van der Waals surface area contributed by atoms with E-state index in [1.807, 2.05) is 0 Å². The van der Waals surface area contributed by atoms with Crippen molar-refractivity contribution in [2.24, 2.45) is 0 Å². The van der Waals surface area contributed by atoms with E-state index in [1.165, 1.54) is 97.9 Å². The van der Waals surface area contributed by atoms with Crippen LogP contribution in [0.25, 0.3) is 104 Å². The maximum absolute atomic E-state index is 2.44. The molecule has 0 spiro atoms. The molecule has 0 amide bonds. The smallest absolute Gasteiger partial charge is 0.0541 e. The third-order valence-electron chi connectivity index (χ3n) is 10.9. The molecule has 0 N–H and O–H groups in total. The van der Waals surface area contributed by atoms with Gasteiger partial charge in [0, 0.05) is 16.5 Å². The number of aromatic nitrogens is 1. The van der Waals surface area contributed by atoms with Gasteiger partial charge < -0.3 is 4.57 Å². The van der Waals surface area contributed by atoms with Crippen LogP contribution in [0.5, 0.6) is 0 Å². The first-order chi connectivity index (χ1) is 25.3. The summed E-state index contributed by atoms with van der Waals surface area (Å²) < 4.78 is 2.44. The second kappa shape index (κ2) is 10.9. The maximum Gasteiger partial charge on any atom is 0.0541 e. The first-order valence-corrected chi connectivity index (χ1v) is 17.7. The molecule has 0 saturated heterocycles. The minimum Gasteiger partial charge on any atom is -0.309 e. The van der Waals surface area contributed by atoms with E-state index in [0.717, 1.165) is 5.69 Å². The molecule has 11 rings (SSSR count). The molecule has 0 radical (unpaired) electrons. The summed E-state index contributed by atoms with van der Waals surface area (Å²) >= 11 is 0. The zero-order valence-corrected chi connectivity index (χ0v) is 27.8. The molecule has 0 atom stereocenters. The average Bonchev–Trinajstić information content (AvgIpc) is 3.55. The number of nitrogens with zero attached hydrogens (tertiary/aromatic N) is 1. The Labute approximate surface area is 295 Å². The number of benzene rings is 10. The third kappa shape index (κ3) is 4.28. The van der Waals surface area contributed by atoms with E-state index in [-0.39, 0.29) is 0 Å². The van der Waals surface area contributed by atoms with Gasteiger partial charge >= 0.3 is 0 Å². The molecule has 0 bridgehead atoms. The number of rotatable bonds is 3. The number of para-hydroxylation sites is 2. The molecule has 0 aliphatic carbocycles. The SMILES string of the molecule is c1ccc2c(c1)ccc1ccc(-c3cc(-c4ccc5c6ccccc6c6ccccc6c5c4)cc(-n4c5ccccc5c5ccccc54)c3)cc12. The van der Waals surface area contributed by atoms with Crippen LogP contribution in [-0.2, 0) is 0 Å². The highest BCUT2D eigenvalue weighted by Gasteiger charge is 2.16. The van der Waals surface area contributed by atoms with Crippen LogP contribution in [0.4, 0.5) is 0 Å². The molecule has 11 aromatic rings. The molecule has 1 aromatic heterocycles. The summed E-state index contributed by atoms with van der Waals surface area (Å²) in [6.07, 6.45) is 0. The Kier molecular flexibility index (Phi) is 6.02. The highest BCUT2D eigenvalue weighted by Crippen LogP contribution is 2.40. The van der Waals surface area contributed by atoms with Crippen LogP contribution in [0, 0.1) is 0 Å². The summed E-state index contributed by atoms with van der Waals surface area (Å²) in [7, 11) is 0. The molecule has 1 heterocycles. The summed E-state index contributed by atoms with van der Waals surface area (Å²) in [5.74, 6) is 0. The van der Waals surface area contributed by atoms with E-state index in [2.05, 4.69) is 193 Å². The molecule has 10 aromatic carbocycles. The van der Waals surface area contributed by atoms with Crippen LogP contribution in [0.1, 0.15) is 0 Å². The highest BCUT2D eigenvalue weighted by atomic mass is 15.0. The van der Waals surface area contributed by atoms with E-state index in [9.17, 15) is 0 Å². The van der Waals surface area contributed by atoms with Gasteiger partial charge in [-0.15, -0.1) is 0 Å². The molecule has 0 aliphatic rings. The Balaban J connectivity index is 1.21. The second-order valence-corrected chi connectivity index (χ2v) is 13.7. The standard InChI is InChI=1S/C50H31N/c1-2-12-39-32(11-1)21-22-33-23-24-34(30-47(33)39)36-27-37(29-38(28-36)51-49-19-9-7-17-45(49)46-18-8-10-20-50(46)51)35-25-26-44-42-15-4-3-13-40(42)41-14-5-6-16-43(41)48(44)31-35/h1-31H. The molecule has 0 aliphatic heterocycles. The van der Waals surface area contributed by atoms with Gasteiger partial charge in [0.15, 0.2) is 0 Å². The fourth-order valence-electron chi connectivity index (χ4n) is 8.54. The fourth-order valence-corrected chi connectivity index (χ4v) is 8.54. The van der Waals surface area contributed by atoms with Crippen molar-refractivity contribution in [1.82, 2.24) is 4.57 Å². The lowest BCUT2D eigenvalue weighted by atomic mass is 9.91. The molecule has 0 saturated carbocycles. The van der Waals surface area contributed by atoms with Crippen LogP contribution in [-0.4, -0.2) is 4.57 Å². The van der Waals surface area contributed by atoms with Crippen LogP contribution in [0.15, 0.2) is 188 Å². The Morgan fingerprint density at radius 3 is 1.25 bits per heavy atom. The van der Waals surface area contributed by atoms with Crippen molar-refractivity contribution in [1.29, 1.82) is 0 Å². The van der Waals surface area contributed by atoms with E-state index < -0.39 is 0 Å². The molecule has 236 valence electrons. The second-order valence-electron chi connectivity index (χ2n) is 13.7. The summed E-state index contributed by atoms with van der Waals surface area (Å²) in [6, 6.07) is 69.5. The van der Waals surface area contributed by atoms with Gasteiger partial charge in [0.25, 0.3) is 0 Å². The van der Waals surface area contributed by atoms with Gasteiger partial charge in [-0.1, -0.05) is 146 Å². The molecule has 1 nitrogen and oxygen atoms in total. The monoisotopic (exact) mass is 645 g/mol. The highest BCUT2D eigenvalue weighted by molar-refractivity contribution is 6.25. The van der Waals surface area contributed by atoms with Gasteiger partial charge in [-0.3, -0.25) is 0 Å². The third-order valence-corrected chi connectivity index (χ3v) is 10.9. The van der Waals surface area contributed by atoms with Crippen LogP contribution in [0.3, 0.4) is 0 Å². The molecule has 0 unspecified atom stereocenters. The van der Waals surface area contributed by atoms with Gasteiger partial charge in [-0.25, -0.2) is 0 Å². The molecule has 0 fully saturated rings. The van der Waals surface area contributed by atoms with Gasteiger partial charge in [-0.2, -0.15) is 0 Å². The predicted molar refractivity (Wildman–Crippen MR) is 219 cm³/mol. The van der Waals surface area contributed by atoms with E-state index in [4.69, 9.17) is 0 Å². The Morgan fingerprint density at radius 1 is 0.235 bits per heavy atom. The topological polar surface area (TPSA) is 4.93 Å². The zero-order valence-electron chi connectivity index (χ0n) is 27.8. The lowest BCUT2D eigenvalue weighted by Gasteiger charge is -2.16. The number of hydrogen-bond donors (Lipinski definition) is 0. The van der Waals surface area contributed by atoms with Crippen molar-refractivity contribution in [2.75, 3.05) is 0 Å². The fraction of sp³-hybridized carbons (Fsp3) is 0. The Bertz CT molecular complexity index is 3110. The minimum absolute atomic E-state index is 1.15. The van der Waals surface area contributed by atoms with Crippen molar-refractivity contribution in [3.63, 3.8) is 0 Å². The molecular weight excluding hydrogens is 615 g/mol. The van der Waals surface area contributed by atoms with Crippen LogP contribution < -0.4 is 0 Å². The summed E-state index contributed by atoms with van der Waals surface area (Å²) in [5.41, 5.74) is 8.38. The van der Waals surface area contributed by atoms with Crippen molar-refractivity contribution in [3.8, 4) is 27.9 Å². The number of fused-ring (bicyclic) bond motifs is 12. The lowest BCUT2D eigenvalue weighted by Crippen LogP contribution is -1.96. The van der Waals surface area contributed by atoms with Crippen molar-refractivity contribution in [3.05, 3.63) is 188 Å².